The van der Waals surface area contributed by atoms with E-state index in [1.54, 1.807) is 18.0 Å². The Morgan fingerprint density at radius 2 is 1.78 bits per heavy atom. The number of nitrogens with zero attached hydrogens (tertiary/aromatic N) is 6. The van der Waals surface area contributed by atoms with Crippen LogP contribution in [0.5, 0.6) is 5.75 Å². The zero-order valence-corrected chi connectivity index (χ0v) is 21.2. The van der Waals surface area contributed by atoms with E-state index in [0.29, 0.717) is 17.6 Å². The van der Waals surface area contributed by atoms with Crippen molar-refractivity contribution in [2.75, 3.05) is 33.3 Å². The Kier molecular flexibility index (Phi) is 6.21. The molecule has 3 aliphatic rings. The van der Waals surface area contributed by atoms with Gasteiger partial charge in [-0.15, -0.1) is 0 Å². The monoisotopic (exact) mass is 486 g/mol. The Balaban J connectivity index is 1.21. The van der Waals surface area contributed by atoms with E-state index >= 15 is 0 Å². The normalized spacial score (nSPS) is 18.6. The highest BCUT2D eigenvalue weighted by atomic mass is 16.5. The Bertz CT molecular complexity index is 1270. The molecule has 1 aromatic carbocycles. The minimum absolute atomic E-state index is 0.0613. The molecule has 8 nitrogen and oxygen atoms in total. The largest absolute Gasteiger partial charge is 0.497 e. The van der Waals surface area contributed by atoms with Gasteiger partial charge in [0.05, 0.1) is 30.3 Å². The van der Waals surface area contributed by atoms with Gasteiger partial charge >= 0.3 is 0 Å². The van der Waals surface area contributed by atoms with Gasteiger partial charge in [0.15, 0.2) is 0 Å². The first-order chi connectivity index (χ1) is 17.6. The molecule has 2 fully saturated rings. The molecule has 0 saturated carbocycles. The van der Waals surface area contributed by atoms with Gasteiger partial charge < -0.3 is 14.5 Å². The van der Waals surface area contributed by atoms with Gasteiger partial charge in [-0.3, -0.25) is 4.79 Å². The number of likely N-dealkylation sites (tertiary alicyclic amines) is 2. The Hall–Kier alpha value is -3.26. The van der Waals surface area contributed by atoms with Gasteiger partial charge in [-0.2, -0.15) is 5.10 Å². The molecule has 4 heterocycles. The van der Waals surface area contributed by atoms with Gasteiger partial charge in [-0.25, -0.2) is 14.6 Å². The van der Waals surface area contributed by atoms with E-state index in [1.807, 2.05) is 24.1 Å². The highest BCUT2D eigenvalue weighted by Gasteiger charge is 2.30. The quantitative estimate of drug-likeness (QED) is 0.558. The molecular weight excluding hydrogens is 452 g/mol. The topological polar surface area (TPSA) is 76.4 Å². The van der Waals surface area contributed by atoms with Gasteiger partial charge in [0.1, 0.15) is 5.75 Å². The van der Waals surface area contributed by atoms with Crippen molar-refractivity contribution in [1.29, 1.82) is 0 Å². The molecule has 1 aliphatic carbocycles. The van der Waals surface area contributed by atoms with Gasteiger partial charge in [-0.05, 0) is 87.9 Å². The predicted octanol–water partition coefficient (Wildman–Crippen LogP) is 3.84. The number of ether oxygens (including phenoxy) is 1. The smallest absolute Gasteiger partial charge is 0.257 e. The molecule has 0 radical (unpaired) electrons. The highest BCUT2D eigenvalue weighted by molar-refractivity contribution is 5.95. The van der Waals surface area contributed by atoms with E-state index in [4.69, 9.17) is 9.72 Å². The summed E-state index contributed by atoms with van der Waals surface area (Å²) in [4.78, 5) is 27.6. The maximum atomic E-state index is 13.4. The molecule has 0 unspecified atom stereocenters. The minimum atomic E-state index is 0.0613. The van der Waals surface area contributed by atoms with E-state index in [2.05, 4.69) is 27.1 Å². The van der Waals surface area contributed by atoms with E-state index in [9.17, 15) is 4.79 Å². The summed E-state index contributed by atoms with van der Waals surface area (Å²) >= 11 is 0. The van der Waals surface area contributed by atoms with E-state index in [1.165, 1.54) is 37.9 Å². The van der Waals surface area contributed by atoms with Crippen LogP contribution < -0.4 is 4.74 Å². The first-order valence-corrected chi connectivity index (χ1v) is 13.2. The fourth-order valence-electron chi connectivity index (χ4n) is 6.03. The molecule has 3 aromatic rings. The van der Waals surface area contributed by atoms with Crippen molar-refractivity contribution in [2.24, 2.45) is 0 Å². The first kappa shape index (κ1) is 23.2. The van der Waals surface area contributed by atoms with Crippen molar-refractivity contribution < 1.29 is 9.53 Å². The molecule has 0 spiro atoms. The van der Waals surface area contributed by atoms with Gasteiger partial charge in [0.2, 0.25) is 0 Å². The van der Waals surface area contributed by atoms with Crippen molar-refractivity contribution in [3.63, 3.8) is 0 Å². The minimum Gasteiger partial charge on any atom is -0.497 e. The third-order valence-electron chi connectivity index (χ3n) is 8.17. The summed E-state index contributed by atoms with van der Waals surface area (Å²) in [7, 11) is 1.69. The molecule has 2 aromatic heterocycles. The van der Waals surface area contributed by atoms with Crippen LogP contribution in [0.1, 0.15) is 59.3 Å². The number of aromatic nitrogens is 4. The Labute approximate surface area is 212 Å². The summed E-state index contributed by atoms with van der Waals surface area (Å²) in [5.41, 5.74) is 5.83. The van der Waals surface area contributed by atoms with Crippen LogP contribution in [-0.2, 0) is 12.8 Å². The highest BCUT2D eigenvalue weighted by Crippen LogP contribution is 2.34. The lowest BCUT2D eigenvalue weighted by molar-refractivity contribution is 0.0589. The average Bonchev–Trinajstić information content (AvgIpc) is 3.33. The van der Waals surface area contributed by atoms with Crippen LogP contribution in [-0.4, -0.2) is 74.8 Å². The molecule has 2 aliphatic heterocycles. The van der Waals surface area contributed by atoms with Crippen molar-refractivity contribution in [1.82, 2.24) is 29.5 Å². The molecular formula is C28H34N6O2. The first-order valence-electron chi connectivity index (χ1n) is 13.2. The molecule has 0 bridgehead atoms. The van der Waals surface area contributed by atoms with Crippen molar-refractivity contribution in [3.05, 3.63) is 53.0 Å². The fraction of sp³-hybridized carbons (Fsp3) is 0.500. The average molecular weight is 487 g/mol. The second kappa shape index (κ2) is 9.65. The van der Waals surface area contributed by atoms with Crippen LogP contribution in [0.4, 0.5) is 0 Å². The number of piperidine rings is 2. The lowest BCUT2D eigenvalue weighted by Gasteiger charge is -2.40. The number of aryl methyl sites for hydroxylation is 2. The predicted molar refractivity (Wildman–Crippen MR) is 138 cm³/mol. The standard InChI is InChI=1S/C28H34N6O2/c1-19-25(27(35)33-14-10-22(11-15-33)32-12-4-3-5-13-32)18-30-34(19)28-29-17-21-7-6-20-16-23(36-2)8-9-24(20)26(21)31-28/h8-9,16-18,22H,3-7,10-15H2,1-2H3. The van der Waals surface area contributed by atoms with Gasteiger partial charge in [-0.1, -0.05) is 6.42 Å². The lowest BCUT2D eigenvalue weighted by Crippen LogP contribution is -2.48. The maximum Gasteiger partial charge on any atom is 0.257 e. The van der Waals surface area contributed by atoms with E-state index in [0.717, 1.165) is 67.0 Å². The van der Waals surface area contributed by atoms with Crippen LogP contribution in [0.3, 0.4) is 0 Å². The summed E-state index contributed by atoms with van der Waals surface area (Å²) in [6, 6.07) is 6.75. The van der Waals surface area contributed by atoms with Crippen molar-refractivity contribution in [3.8, 4) is 23.0 Å². The van der Waals surface area contributed by atoms with E-state index in [-0.39, 0.29) is 5.91 Å². The summed E-state index contributed by atoms with van der Waals surface area (Å²) in [6.45, 7) is 5.97. The summed E-state index contributed by atoms with van der Waals surface area (Å²) in [5, 5.41) is 4.54. The van der Waals surface area contributed by atoms with Crippen LogP contribution in [0.25, 0.3) is 17.2 Å². The molecule has 8 heteroatoms. The number of carbonyl (C=O) groups is 1. The fourth-order valence-corrected chi connectivity index (χ4v) is 6.03. The molecule has 188 valence electrons. The molecule has 1 amide bonds. The van der Waals surface area contributed by atoms with Crippen LogP contribution in [0, 0.1) is 6.92 Å². The van der Waals surface area contributed by atoms with Crippen LogP contribution in [0.2, 0.25) is 0 Å². The Morgan fingerprint density at radius 1 is 1.00 bits per heavy atom. The van der Waals surface area contributed by atoms with Crippen molar-refractivity contribution in [2.45, 2.75) is 57.9 Å². The second-order valence-electron chi connectivity index (χ2n) is 10.2. The third kappa shape index (κ3) is 4.17. The molecule has 6 rings (SSSR count). The number of methoxy groups -OCH3 is 1. The van der Waals surface area contributed by atoms with Crippen LogP contribution in [0.15, 0.2) is 30.6 Å². The summed E-state index contributed by atoms with van der Waals surface area (Å²) in [6.07, 6.45) is 11.5. The zero-order valence-electron chi connectivity index (χ0n) is 21.2. The Morgan fingerprint density at radius 3 is 2.56 bits per heavy atom. The number of amides is 1. The number of rotatable bonds is 4. The van der Waals surface area contributed by atoms with Gasteiger partial charge in [0.25, 0.3) is 11.9 Å². The number of fused-ring (bicyclic) bond motifs is 3. The number of carbonyl (C=O) groups excluding carboxylic acids is 1. The molecule has 2 saturated heterocycles. The third-order valence-corrected chi connectivity index (χ3v) is 8.17. The van der Waals surface area contributed by atoms with Crippen LogP contribution >= 0.6 is 0 Å². The zero-order chi connectivity index (χ0) is 24.6. The number of hydrogen-bond acceptors (Lipinski definition) is 6. The van der Waals surface area contributed by atoms with E-state index < -0.39 is 0 Å². The molecule has 0 N–H and O–H groups in total. The molecule has 0 atom stereocenters. The lowest BCUT2D eigenvalue weighted by atomic mass is 9.90. The number of benzene rings is 1. The van der Waals surface area contributed by atoms with Gasteiger partial charge in [0, 0.05) is 30.9 Å². The number of hydrogen-bond donors (Lipinski definition) is 0. The SMILES string of the molecule is COc1ccc2c(c1)CCc1cnc(-n3ncc(C(=O)N4CCC(N5CCCCC5)CC4)c3C)nc1-2. The molecule has 36 heavy (non-hydrogen) atoms. The van der Waals surface area contributed by atoms with Crippen molar-refractivity contribution >= 4 is 5.91 Å². The summed E-state index contributed by atoms with van der Waals surface area (Å²) < 4.78 is 7.10. The summed E-state index contributed by atoms with van der Waals surface area (Å²) in [5.74, 6) is 1.42. The second-order valence-corrected chi connectivity index (χ2v) is 10.2. The maximum absolute atomic E-state index is 13.4.